The molecule has 2 aliphatic rings. The van der Waals surface area contributed by atoms with Crippen molar-refractivity contribution >= 4 is 11.6 Å². The molecule has 0 aromatic carbocycles. The lowest BCUT2D eigenvalue weighted by molar-refractivity contribution is -0.0301. The van der Waals surface area contributed by atoms with E-state index in [0.717, 1.165) is 61.8 Å². The van der Waals surface area contributed by atoms with Gasteiger partial charge in [0.2, 0.25) is 0 Å². The Bertz CT molecular complexity index is 527. The van der Waals surface area contributed by atoms with Crippen LogP contribution in [0.4, 0.5) is 0 Å². The molecular formula is C17H29ClN4O. The Morgan fingerprint density at radius 1 is 1.39 bits per heavy atom. The van der Waals surface area contributed by atoms with Crippen molar-refractivity contribution in [3.8, 4) is 0 Å². The van der Waals surface area contributed by atoms with Gasteiger partial charge in [-0.1, -0.05) is 25.4 Å². The van der Waals surface area contributed by atoms with Crippen LogP contribution >= 0.6 is 11.6 Å². The Morgan fingerprint density at radius 3 is 2.87 bits per heavy atom. The Kier molecular flexibility index (Phi) is 5.62. The largest absolute Gasteiger partial charge is 0.374 e. The van der Waals surface area contributed by atoms with Crippen LogP contribution in [-0.4, -0.2) is 53.1 Å². The topological polar surface area (TPSA) is 42.3 Å². The molecule has 0 spiro atoms. The molecule has 1 aliphatic carbocycles. The average Bonchev–Trinajstić information content (AvgIpc) is 3.31. The summed E-state index contributed by atoms with van der Waals surface area (Å²) in [6, 6.07) is 0.826. The molecular weight excluding hydrogens is 312 g/mol. The lowest BCUT2D eigenvalue weighted by Gasteiger charge is -2.33. The zero-order valence-electron chi connectivity index (χ0n) is 14.5. The fourth-order valence-corrected chi connectivity index (χ4v) is 3.56. The molecule has 0 radical (unpaired) electrons. The normalized spacial score (nSPS) is 22.9. The van der Waals surface area contributed by atoms with Crippen molar-refractivity contribution in [3.63, 3.8) is 0 Å². The van der Waals surface area contributed by atoms with Crippen molar-refractivity contribution in [3.05, 3.63) is 16.4 Å². The van der Waals surface area contributed by atoms with Crippen molar-refractivity contribution in [1.82, 2.24) is 20.0 Å². The molecule has 1 saturated heterocycles. The first-order chi connectivity index (χ1) is 11.0. The van der Waals surface area contributed by atoms with Crippen LogP contribution < -0.4 is 5.32 Å². The number of halogens is 1. The van der Waals surface area contributed by atoms with Crippen LogP contribution in [0.2, 0.25) is 5.15 Å². The summed E-state index contributed by atoms with van der Waals surface area (Å²) in [5, 5.41) is 8.85. The molecule has 1 aromatic heterocycles. The minimum atomic E-state index is 0.286. The zero-order chi connectivity index (χ0) is 16.4. The van der Waals surface area contributed by atoms with Crippen LogP contribution in [0.5, 0.6) is 0 Å². The Labute approximate surface area is 144 Å². The summed E-state index contributed by atoms with van der Waals surface area (Å²) in [5.74, 6) is 0.539. The van der Waals surface area contributed by atoms with E-state index in [4.69, 9.17) is 16.3 Å². The smallest absolute Gasteiger partial charge is 0.131 e. The molecule has 5 nitrogen and oxygen atoms in total. The number of aromatic nitrogens is 2. The number of morpholine rings is 1. The van der Waals surface area contributed by atoms with Gasteiger partial charge in [-0.25, -0.2) is 0 Å². The summed E-state index contributed by atoms with van der Waals surface area (Å²) in [5.41, 5.74) is 2.13. The number of aryl methyl sites for hydroxylation is 1. The number of rotatable bonds is 7. The second-order valence-corrected chi connectivity index (χ2v) is 7.64. The van der Waals surface area contributed by atoms with Gasteiger partial charge in [-0.2, -0.15) is 5.10 Å². The number of ether oxygens (including phenoxy) is 1. The van der Waals surface area contributed by atoms with Crippen LogP contribution in [0.25, 0.3) is 0 Å². The van der Waals surface area contributed by atoms with Crippen molar-refractivity contribution in [2.24, 2.45) is 5.92 Å². The minimum absolute atomic E-state index is 0.286. The number of nitrogens with one attached hydrogen (secondary N) is 1. The van der Waals surface area contributed by atoms with Crippen LogP contribution in [0.3, 0.4) is 0 Å². The first-order valence-corrected chi connectivity index (χ1v) is 9.20. The zero-order valence-corrected chi connectivity index (χ0v) is 15.3. The molecule has 1 aliphatic heterocycles. The van der Waals surface area contributed by atoms with E-state index in [1.165, 1.54) is 12.8 Å². The Morgan fingerprint density at radius 2 is 2.17 bits per heavy atom. The maximum atomic E-state index is 6.49. The molecule has 1 N–H and O–H groups in total. The molecule has 2 heterocycles. The highest BCUT2D eigenvalue weighted by Gasteiger charge is 2.32. The van der Waals surface area contributed by atoms with E-state index in [-0.39, 0.29) is 6.10 Å². The molecule has 130 valence electrons. The quantitative estimate of drug-likeness (QED) is 0.828. The van der Waals surface area contributed by atoms with E-state index in [0.29, 0.717) is 5.92 Å². The third-order valence-corrected chi connectivity index (χ3v) is 5.05. The first kappa shape index (κ1) is 17.2. The van der Waals surface area contributed by atoms with Gasteiger partial charge in [-0.05, 0) is 25.7 Å². The first-order valence-electron chi connectivity index (χ1n) is 8.82. The van der Waals surface area contributed by atoms with Crippen LogP contribution in [-0.2, 0) is 17.8 Å². The van der Waals surface area contributed by atoms with E-state index in [1.807, 2.05) is 11.6 Å². The third kappa shape index (κ3) is 4.47. The van der Waals surface area contributed by atoms with Crippen LogP contribution in [0, 0.1) is 12.8 Å². The molecule has 23 heavy (non-hydrogen) atoms. The van der Waals surface area contributed by atoms with Crippen LogP contribution in [0.15, 0.2) is 0 Å². The van der Waals surface area contributed by atoms with Gasteiger partial charge in [0.1, 0.15) is 5.15 Å². The molecule has 3 rings (SSSR count). The van der Waals surface area contributed by atoms with Gasteiger partial charge < -0.3 is 10.1 Å². The summed E-state index contributed by atoms with van der Waals surface area (Å²) >= 11 is 6.49. The molecule has 0 bridgehead atoms. The number of hydrogen-bond donors (Lipinski definition) is 1. The monoisotopic (exact) mass is 340 g/mol. The maximum Gasteiger partial charge on any atom is 0.131 e. The third-order valence-electron chi connectivity index (χ3n) is 4.63. The van der Waals surface area contributed by atoms with Gasteiger partial charge in [-0.3, -0.25) is 9.58 Å². The van der Waals surface area contributed by atoms with Gasteiger partial charge in [0.15, 0.2) is 0 Å². The Balaban J connectivity index is 1.49. The van der Waals surface area contributed by atoms with E-state index in [2.05, 4.69) is 29.2 Å². The van der Waals surface area contributed by atoms with E-state index >= 15 is 0 Å². The van der Waals surface area contributed by atoms with Gasteiger partial charge in [-0.15, -0.1) is 0 Å². The second-order valence-electron chi connectivity index (χ2n) is 7.28. The van der Waals surface area contributed by atoms with Gasteiger partial charge in [0.25, 0.3) is 0 Å². The van der Waals surface area contributed by atoms with E-state index in [9.17, 15) is 0 Å². The van der Waals surface area contributed by atoms with Gasteiger partial charge in [0.05, 0.1) is 18.4 Å². The standard InChI is InChI=1S/C17H29ClN4O/c1-12(2)10-22-17(18)16(13(3)20-22)9-19-8-15-11-21(6-7-23-15)14-4-5-14/h12,14-15,19H,4-11H2,1-3H3. The minimum Gasteiger partial charge on any atom is -0.374 e. The highest BCUT2D eigenvalue weighted by molar-refractivity contribution is 6.30. The fraction of sp³-hybridized carbons (Fsp3) is 0.824. The van der Waals surface area contributed by atoms with Crippen molar-refractivity contribution < 1.29 is 4.74 Å². The molecule has 1 saturated carbocycles. The lowest BCUT2D eigenvalue weighted by Crippen LogP contribution is -2.47. The highest BCUT2D eigenvalue weighted by atomic mass is 35.5. The molecule has 6 heteroatoms. The summed E-state index contributed by atoms with van der Waals surface area (Å²) in [6.07, 6.45) is 3.02. The molecule has 1 unspecified atom stereocenters. The fourth-order valence-electron chi connectivity index (χ4n) is 3.25. The predicted molar refractivity (Wildman–Crippen MR) is 92.9 cm³/mol. The lowest BCUT2D eigenvalue weighted by atomic mass is 10.2. The predicted octanol–water partition coefficient (Wildman–Crippen LogP) is 2.45. The van der Waals surface area contributed by atoms with Gasteiger partial charge >= 0.3 is 0 Å². The SMILES string of the molecule is Cc1nn(CC(C)C)c(Cl)c1CNCC1CN(C2CC2)CCO1. The summed E-state index contributed by atoms with van der Waals surface area (Å²) in [4.78, 5) is 2.58. The highest BCUT2D eigenvalue weighted by Crippen LogP contribution is 2.28. The maximum absolute atomic E-state index is 6.49. The second kappa shape index (κ2) is 7.51. The summed E-state index contributed by atoms with van der Waals surface area (Å²) < 4.78 is 7.81. The summed E-state index contributed by atoms with van der Waals surface area (Å²) in [7, 11) is 0. The van der Waals surface area contributed by atoms with E-state index < -0.39 is 0 Å². The number of nitrogens with zero attached hydrogens (tertiary/aromatic N) is 3. The van der Waals surface area contributed by atoms with Crippen molar-refractivity contribution in [2.45, 2.75) is 58.8 Å². The van der Waals surface area contributed by atoms with Crippen LogP contribution in [0.1, 0.15) is 37.9 Å². The average molecular weight is 341 g/mol. The Hall–Kier alpha value is -0.620. The van der Waals surface area contributed by atoms with Gasteiger partial charge in [0, 0.05) is 44.3 Å². The molecule has 0 amide bonds. The van der Waals surface area contributed by atoms with Crippen molar-refractivity contribution in [1.29, 1.82) is 0 Å². The van der Waals surface area contributed by atoms with E-state index in [1.54, 1.807) is 0 Å². The molecule has 2 fully saturated rings. The molecule has 1 atom stereocenters. The number of hydrogen-bond acceptors (Lipinski definition) is 4. The van der Waals surface area contributed by atoms with Crippen molar-refractivity contribution in [2.75, 3.05) is 26.2 Å². The summed E-state index contributed by atoms with van der Waals surface area (Å²) in [6.45, 7) is 11.9. The molecule has 1 aromatic rings.